The first-order valence-electron chi connectivity index (χ1n) is 9.72. The third-order valence-corrected chi connectivity index (χ3v) is 6.49. The fraction of sp³-hybridized carbons (Fsp3) is 0.125. The highest BCUT2D eigenvalue weighted by atomic mass is 32.2. The van der Waals surface area contributed by atoms with E-state index < -0.39 is 9.84 Å². The molecule has 0 aliphatic heterocycles. The number of nitrogens with one attached hydrogen (secondary N) is 1. The SMILES string of the molecule is COc1ccc(CNc2oc(-c3ccccc3)nc2S(=O)(=O)c2ccc(C)cc2)cc1. The van der Waals surface area contributed by atoms with Crippen molar-refractivity contribution in [2.45, 2.75) is 23.4 Å². The van der Waals surface area contributed by atoms with Crippen LogP contribution in [0.5, 0.6) is 5.75 Å². The molecule has 0 fully saturated rings. The van der Waals surface area contributed by atoms with Crippen molar-refractivity contribution in [2.24, 2.45) is 0 Å². The first-order chi connectivity index (χ1) is 15.0. The van der Waals surface area contributed by atoms with Crippen molar-refractivity contribution in [3.8, 4) is 17.2 Å². The van der Waals surface area contributed by atoms with Gasteiger partial charge in [-0.25, -0.2) is 8.42 Å². The molecule has 0 spiro atoms. The van der Waals surface area contributed by atoms with E-state index >= 15 is 0 Å². The molecule has 7 heteroatoms. The first-order valence-corrected chi connectivity index (χ1v) is 11.2. The van der Waals surface area contributed by atoms with Gasteiger partial charge >= 0.3 is 0 Å². The summed E-state index contributed by atoms with van der Waals surface area (Å²) in [5.41, 5.74) is 2.61. The first kappa shape index (κ1) is 20.7. The highest BCUT2D eigenvalue weighted by Crippen LogP contribution is 2.32. The molecule has 31 heavy (non-hydrogen) atoms. The third kappa shape index (κ3) is 4.46. The molecule has 0 unspecified atom stereocenters. The van der Waals surface area contributed by atoms with Crippen molar-refractivity contribution in [3.05, 3.63) is 90.0 Å². The predicted octanol–water partition coefficient (Wildman–Crippen LogP) is 5.10. The summed E-state index contributed by atoms with van der Waals surface area (Å²) in [5, 5.41) is 2.96. The lowest BCUT2D eigenvalue weighted by molar-refractivity contribution is 0.414. The van der Waals surface area contributed by atoms with Gasteiger partial charge in [0.2, 0.25) is 26.6 Å². The minimum absolute atomic E-state index is 0.107. The van der Waals surface area contributed by atoms with E-state index in [9.17, 15) is 8.42 Å². The number of methoxy groups -OCH3 is 1. The van der Waals surface area contributed by atoms with Crippen molar-refractivity contribution in [2.75, 3.05) is 12.4 Å². The summed E-state index contributed by atoms with van der Waals surface area (Å²) in [4.78, 5) is 4.52. The maximum Gasteiger partial charge on any atom is 0.234 e. The maximum atomic E-state index is 13.3. The lowest BCUT2D eigenvalue weighted by Gasteiger charge is -2.07. The summed E-state index contributed by atoms with van der Waals surface area (Å²) in [6.07, 6.45) is 0. The number of oxazole rings is 1. The third-order valence-electron chi connectivity index (χ3n) is 4.81. The van der Waals surface area contributed by atoms with Crippen LogP contribution in [-0.4, -0.2) is 20.5 Å². The number of ether oxygens (including phenoxy) is 1. The van der Waals surface area contributed by atoms with Crippen molar-refractivity contribution in [1.82, 2.24) is 4.98 Å². The van der Waals surface area contributed by atoms with Gasteiger partial charge in [-0.3, -0.25) is 0 Å². The molecule has 0 amide bonds. The topological polar surface area (TPSA) is 81.4 Å². The molecule has 0 radical (unpaired) electrons. The summed E-state index contributed by atoms with van der Waals surface area (Å²) in [6.45, 7) is 2.27. The number of nitrogens with zero attached hydrogens (tertiary/aromatic N) is 1. The van der Waals surface area contributed by atoms with Crippen LogP contribution < -0.4 is 10.1 Å². The number of hydrogen-bond acceptors (Lipinski definition) is 6. The summed E-state index contributed by atoms with van der Waals surface area (Å²) < 4.78 is 37.7. The zero-order valence-electron chi connectivity index (χ0n) is 17.2. The van der Waals surface area contributed by atoms with Crippen LogP contribution in [0, 0.1) is 6.92 Å². The molecular weight excluding hydrogens is 412 g/mol. The number of rotatable bonds is 7. The fourth-order valence-corrected chi connectivity index (χ4v) is 4.34. The van der Waals surface area contributed by atoms with E-state index in [4.69, 9.17) is 9.15 Å². The second kappa shape index (κ2) is 8.65. The van der Waals surface area contributed by atoms with Gasteiger partial charge in [0.1, 0.15) is 5.75 Å². The van der Waals surface area contributed by atoms with Gasteiger partial charge in [0.25, 0.3) is 0 Å². The summed E-state index contributed by atoms with van der Waals surface area (Å²) in [5.74, 6) is 1.09. The monoisotopic (exact) mass is 434 g/mol. The number of sulfone groups is 1. The molecule has 0 bridgehead atoms. The van der Waals surface area contributed by atoms with Crippen LogP contribution in [0.15, 0.2) is 93.2 Å². The van der Waals surface area contributed by atoms with Gasteiger partial charge in [-0.05, 0) is 48.9 Å². The van der Waals surface area contributed by atoms with Crippen LogP contribution in [0.1, 0.15) is 11.1 Å². The Balaban J connectivity index is 1.71. The summed E-state index contributed by atoms with van der Waals surface area (Å²) >= 11 is 0. The Labute approximate surface area is 181 Å². The molecule has 1 N–H and O–H groups in total. The van der Waals surface area contributed by atoms with Crippen LogP contribution in [0.25, 0.3) is 11.5 Å². The van der Waals surface area contributed by atoms with E-state index in [1.165, 1.54) is 0 Å². The van der Waals surface area contributed by atoms with Crippen LogP contribution in [0.4, 0.5) is 5.88 Å². The molecule has 4 aromatic rings. The minimum atomic E-state index is -3.88. The molecule has 1 aromatic heterocycles. The van der Waals surface area contributed by atoms with E-state index in [1.807, 2.05) is 61.5 Å². The lowest BCUT2D eigenvalue weighted by Crippen LogP contribution is -2.07. The van der Waals surface area contributed by atoms with Crippen molar-refractivity contribution in [3.63, 3.8) is 0 Å². The van der Waals surface area contributed by atoms with Crippen LogP contribution >= 0.6 is 0 Å². The molecule has 0 aliphatic rings. The van der Waals surface area contributed by atoms with E-state index in [-0.39, 0.29) is 21.7 Å². The van der Waals surface area contributed by atoms with E-state index in [2.05, 4.69) is 10.3 Å². The van der Waals surface area contributed by atoms with E-state index in [0.717, 1.165) is 16.9 Å². The van der Waals surface area contributed by atoms with Gasteiger partial charge in [0.05, 0.1) is 12.0 Å². The van der Waals surface area contributed by atoms with Gasteiger partial charge in [0, 0.05) is 12.1 Å². The van der Waals surface area contributed by atoms with Gasteiger partial charge < -0.3 is 14.5 Å². The van der Waals surface area contributed by atoms with E-state index in [0.29, 0.717) is 12.1 Å². The zero-order chi connectivity index (χ0) is 21.8. The molecule has 0 aliphatic carbocycles. The van der Waals surface area contributed by atoms with Gasteiger partial charge in [-0.15, -0.1) is 0 Å². The number of hydrogen-bond donors (Lipinski definition) is 1. The molecular formula is C24H22N2O4S. The number of anilines is 1. The van der Waals surface area contributed by atoms with Crippen molar-refractivity contribution in [1.29, 1.82) is 0 Å². The van der Waals surface area contributed by atoms with E-state index in [1.54, 1.807) is 31.4 Å². The Bertz CT molecular complexity index is 1260. The maximum absolute atomic E-state index is 13.3. The normalized spacial score (nSPS) is 11.3. The predicted molar refractivity (Wildman–Crippen MR) is 119 cm³/mol. The summed E-state index contributed by atoms with van der Waals surface area (Å²) in [6, 6.07) is 23.4. The average molecular weight is 435 g/mol. The standard InChI is InChI=1S/C24H22N2O4S/c1-17-8-14-21(15-9-17)31(27,28)24-23(25-16-18-10-12-20(29-2)13-11-18)30-22(26-24)19-6-4-3-5-7-19/h3-15,25H,16H2,1-2H3. The summed E-state index contributed by atoms with van der Waals surface area (Å²) in [7, 11) is -2.27. The van der Waals surface area contributed by atoms with Gasteiger partial charge in [-0.1, -0.05) is 48.0 Å². The van der Waals surface area contributed by atoms with Crippen molar-refractivity contribution >= 4 is 15.7 Å². The van der Waals surface area contributed by atoms with Crippen LogP contribution in [0.2, 0.25) is 0 Å². The zero-order valence-corrected chi connectivity index (χ0v) is 18.0. The number of benzene rings is 3. The quantitative estimate of drug-likeness (QED) is 0.436. The highest BCUT2D eigenvalue weighted by Gasteiger charge is 2.28. The second-order valence-corrected chi connectivity index (χ2v) is 8.90. The number of aromatic nitrogens is 1. The van der Waals surface area contributed by atoms with Gasteiger partial charge in [-0.2, -0.15) is 4.98 Å². The number of aryl methyl sites for hydroxylation is 1. The van der Waals surface area contributed by atoms with Crippen molar-refractivity contribution < 1.29 is 17.6 Å². The highest BCUT2D eigenvalue weighted by molar-refractivity contribution is 7.91. The molecule has 1 heterocycles. The van der Waals surface area contributed by atoms with Crippen LogP contribution in [-0.2, 0) is 16.4 Å². The molecule has 6 nitrogen and oxygen atoms in total. The second-order valence-electron chi connectivity index (χ2n) is 7.04. The molecule has 4 rings (SSSR count). The minimum Gasteiger partial charge on any atom is -0.497 e. The molecule has 158 valence electrons. The Hall–Kier alpha value is -3.58. The fourth-order valence-electron chi connectivity index (χ4n) is 3.06. The average Bonchev–Trinajstić information content (AvgIpc) is 3.24. The Morgan fingerprint density at radius 1 is 0.935 bits per heavy atom. The molecule has 0 saturated heterocycles. The molecule has 0 atom stereocenters. The Kier molecular flexibility index (Phi) is 5.77. The van der Waals surface area contributed by atoms with Gasteiger partial charge in [0.15, 0.2) is 0 Å². The lowest BCUT2D eigenvalue weighted by atomic mass is 10.2. The smallest absolute Gasteiger partial charge is 0.234 e. The Morgan fingerprint density at radius 2 is 1.61 bits per heavy atom. The largest absolute Gasteiger partial charge is 0.497 e. The Morgan fingerprint density at radius 3 is 2.26 bits per heavy atom. The molecule has 0 saturated carbocycles. The molecule has 3 aromatic carbocycles. The van der Waals surface area contributed by atoms with Crippen LogP contribution in [0.3, 0.4) is 0 Å².